The summed E-state index contributed by atoms with van der Waals surface area (Å²) >= 11 is 6.01. The second-order valence-electron chi connectivity index (χ2n) is 4.25. The maximum atomic E-state index is 12.1. The number of halogens is 1. The third kappa shape index (κ3) is 3.24. The zero-order valence-electron chi connectivity index (χ0n) is 11.2. The van der Waals surface area contributed by atoms with Gasteiger partial charge in [-0.1, -0.05) is 17.7 Å². The van der Waals surface area contributed by atoms with Crippen molar-refractivity contribution in [2.24, 2.45) is 0 Å². The quantitative estimate of drug-likeness (QED) is 0.908. The van der Waals surface area contributed by atoms with Crippen LogP contribution in [0.2, 0.25) is 5.02 Å². The van der Waals surface area contributed by atoms with E-state index in [0.717, 1.165) is 5.69 Å². The highest BCUT2D eigenvalue weighted by Crippen LogP contribution is 2.19. The van der Waals surface area contributed by atoms with Gasteiger partial charge < -0.3 is 10.6 Å². The minimum Gasteiger partial charge on any atom is -0.372 e. The Kier molecular flexibility index (Phi) is 4.53. The molecule has 2 rings (SSSR count). The second-order valence-corrected chi connectivity index (χ2v) is 4.66. The molecule has 2 aromatic heterocycles. The topological polar surface area (TPSA) is 66.9 Å². The molecule has 0 aromatic carbocycles. The molecule has 20 heavy (non-hydrogen) atoms. The van der Waals surface area contributed by atoms with Crippen LogP contribution >= 0.6 is 11.6 Å². The third-order valence-electron chi connectivity index (χ3n) is 2.82. The van der Waals surface area contributed by atoms with Crippen molar-refractivity contribution in [3.63, 3.8) is 0 Å². The van der Waals surface area contributed by atoms with Gasteiger partial charge in [0.25, 0.3) is 5.91 Å². The molecule has 2 N–H and O–H groups in total. The number of anilines is 1. The van der Waals surface area contributed by atoms with E-state index in [0.29, 0.717) is 16.4 Å². The summed E-state index contributed by atoms with van der Waals surface area (Å²) in [6.07, 6.45) is 3.18. The molecular formula is C14H15ClN4O. The van der Waals surface area contributed by atoms with Crippen LogP contribution in [0.5, 0.6) is 0 Å². The number of pyridine rings is 2. The molecule has 0 fully saturated rings. The van der Waals surface area contributed by atoms with Crippen molar-refractivity contribution in [2.45, 2.75) is 13.0 Å². The first-order valence-corrected chi connectivity index (χ1v) is 6.54. The van der Waals surface area contributed by atoms with Crippen LogP contribution in [0.4, 0.5) is 5.82 Å². The Morgan fingerprint density at radius 2 is 2.15 bits per heavy atom. The zero-order chi connectivity index (χ0) is 14.5. The molecule has 0 aliphatic rings. The molecule has 2 heterocycles. The number of rotatable bonds is 4. The molecule has 5 nitrogen and oxygen atoms in total. The number of hydrogen-bond acceptors (Lipinski definition) is 4. The summed E-state index contributed by atoms with van der Waals surface area (Å²) in [5.41, 5.74) is 1.21. The summed E-state index contributed by atoms with van der Waals surface area (Å²) in [6, 6.07) is 6.97. The predicted molar refractivity (Wildman–Crippen MR) is 78.9 cm³/mol. The highest BCUT2D eigenvalue weighted by atomic mass is 35.5. The molecule has 0 bridgehead atoms. The van der Waals surface area contributed by atoms with Gasteiger partial charge in [-0.25, -0.2) is 4.98 Å². The SMILES string of the molecule is CNc1ncc(C(=O)NC(C)c2ccccn2)cc1Cl. The second kappa shape index (κ2) is 6.34. The van der Waals surface area contributed by atoms with E-state index in [1.807, 2.05) is 25.1 Å². The molecule has 0 aliphatic carbocycles. The van der Waals surface area contributed by atoms with Crippen molar-refractivity contribution in [1.29, 1.82) is 0 Å². The van der Waals surface area contributed by atoms with Crippen LogP contribution in [0.25, 0.3) is 0 Å². The summed E-state index contributed by atoms with van der Waals surface area (Å²) < 4.78 is 0. The molecule has 0 spiro atoms. The number of carbonyl (C=O) groups is 1. The van der Waals surface area contributed by atoms with Crippen LogP contribution in [0.1, 0.15) is 29.0 Å². The lowest BCUT2D eigenvalue weighted by Gasteiger charge is -2.13. The van der Waals surface area contributed by atoms with E-state index in [1.54, 1.807) is 19.3 Å². The molecule has 0 saturated heterocycles. The number of amides is 1. The number of aromatic nitrogens is 2. The number of nitrogens with one attached hydrogen (secondary N) is 2. The Labute approximate surface area is 122 Å². The fourth-order valence-electron chi connectivity index (χ4n) is 1.73. The third-order valence-corrected chi connectivity index (χ3v) is 3.11. The van der Waals surface area contributed by atoms with Gasteiger partial charge in [-0.15, -0.1) is 0 Å². The van der Waals surface area contributed by atoms with Gasteiger partial charge in [0.05, 0.1) is 22.3 Å². The Bertz CT molecular complexity index is 603. The maximum absolute atomic E-state index is 12.1. The van der Waals surface area contributed by atoms with Crippen molar-refractivity contribution in [2.75, 3.05) is 12.4 Å². The molecule has 1 atom stereocenters. The molecule has 1 amide bonds. The molecular weight excluding hydrogens is 276 g/mol. The average Bonchev–Trinajstić information content (AvgIpc) is 2.48. The van der Waals surface area contributed by atoms with Gasteiger partial charge in [0, 0.05) is 19.4 Å². The lowest BCUT2D eigenvalue weighted by molar-refractivity contribution is 0.0939. The average molecular weight is 291 g/mol. The standard InChI is InChI=1S/C14H15ClN4O/c1-9(12-5-3-4-6-17-12)19-14(20)10-7-11(15)13(16-2)18-8-10/h3-9H,1-2H3,(H,16,18)(H,19,20). The Morgan fingerprint density at radius 3 is 2.75 bits per heavy atom. The molecule has 1 unspecified atom stereocenters. The summed E-state index contributed by atoms with van der Waals surface area (Å²) in [5, 5.41) is 6.11. The smallest absolute Gasteiger partial charge is 0.253 e. The van der Waals surface area contributed by atoms with E-state index in [4.69, 9.17) is 11.6 Å². The van der Waals surface area contributed by atoms with Gasteiger partial charge in [0.2, 0.25) is 0 Å². The first-order valence-electron chi connectivity index (χ1n) is 6.17. The fraction of sp³-hybridized carbons (Fsp3) is 0.214. The predicted octanol–water partition coefficient (Wildman–Crippen LogP) is 2.66. The maximum Gasteiger partial charge on any atom is 0.253 e. The first-order chi connectivity index (χ1) is 9.61. The van der Waals surface area contributed by atoms with E-state index < -0.39 is 0 Å². The van der Waals surface area contributed by atoms with Gasteiger partial charge in [0.1, 0.15) is 5.82 Å². The number of hydrogen-bond donors (Lipinski definition) is 2. The van der Waals surface area contributed by atoms with Crippen LogP contribution in [0.15, 0.2) is 36.7 Å². The highest BCUT2D eigenvalue weighted by molar-refractivity contribution is 6.33. The zero-order valence-corrected chi connectivity index (χ0v) is 12.0. The van der Waals surface area contributed by atoms with Crippen LogP contribution in [-0.4, -0.2) is 22.9 Å². The summed E-state index contributed by atoms with van der Waals surface area (Å²) in [5.74, 6) is 0.307. The molecule has 104 valence electrons. The van der Waals surface area contributed by atoms with Crippen molar-refractivity contribution in [3.8, 4) is 0 Å². The number of carbonyl (C=O) groups excluding carboxylic acids is 1. The van der Waals surface area contributed by atoms with Crippen LogP contribution in [0.3, 0.4) is 0 Å². The normalized spacial score (nSPS) is 11.8. The first kappa shape index (κ1) is 14.3. The minimum atomic E-state index is -0.236. The molecule has 0 radical (unpaired) electrons. The Morgan fingerprint density at radius 1 is 1.35 bits per heavy atom. The van der Waals surface area contributed by atoms with E-state index in [9.17, 15) is 4.79 Å². The van der Waals surface area contributed by atoms with Gasteiger partial charge in [-0.3, -0.25) is 9.78 Å². The van der Waals surface area contributed by atoms with Gasteiger partial charge >= 0.3 is 0 Å². The van der Waals surface area contributed by atoms with Crippen LogP contribution in [-0.2, 0) is 0 Å². The van der Waals surface area contributed by atoms with Crippen molar-refractivity contribution >= 4 is 23.3 Å². The van der Waals surface area contributed by atoms with Crippen molar-refractivity contribution < 1.29 is 4.79 Å². The van der Waals surface area contributed by atoms with Crippen molar-refractivity contribution in [3.05, 3.63) is 52.9 Å². The van der Waals surface area contributed by atoms with E-state index in [-0.39, 0.29) is 11.9 Å². The van der Waals surface area contributed by atoms with Gasteiger partial charge in [0.15, 0.2) is 0 Å². The molecule has 6 heteroatoms. The number of nitrogens with zero attached hydrogens (tertiary/aromatic N) is 2. The van der Waals surface area contributed by atoms with Gasteiger partial charge in [-0.2, -0.15) is 0 Å². The fourth-order valence-corrected chi connectivity index (χ4v) is 1.99. The summed E-state index contributed by atoms with van der Waals surface area (Å²) in [6.45, 7) is 1.87. The van der Waals surface area contributed by atoms with E-state index >= 15 is 0 Å². The van der Waals surface area contributed by atoms with Crippen LogP contribution in [0, 0.1) is 0 Å². The summed E-state index contributed by atoms with van der Waals surface area (Å²) in [7, 11) is 1.72. The Hall–Kier alpha value is -2.14. The minimum absolute atomic E-state index is 0.188. The molecule has 0 aliphatic heterocycles. The lowest BCUT2D eigenvalue weighted by Crippen LogP contribution is -2.27. The summed E-state index contributed by atoms with van der Waals surface area (Å²) in [4.78, 5) is 20.4. The Balaban J connectivity index is 2.10. The van der Waals surface area contributed by atoms with E-state index in [1.165, 1.54) is 6.20 Å². The van der Waals surface area contributed by atoms with E-state index in [2.05, 4.69) is 20.6 Å². The molecule has 0 saturated carbocycles. The monoisotopic (exact) mass is 290 g/mol. The van der Waals surface area contributed by atoms with Crippen molar-refractivity contribution in [1.82, 2.24) is 15.3 Å². The molecule has 2 aromatic rings. The van der Waals surface area contributed by atoms with Crippen LogP contribution < -0.4 is 10.6 Å². The highest BCUT2D eigenvalue weighted by Gasteiger charge is 2.13. The largest absolute Gasteiger partial charge is 0.372 e. The van der Waals surface area contributed by atoms with Gasteiger partial charge in [-0.05, 0) is 25.1 Å². The lowest BCUT2D eigenvalue weighted by atomic mass is 10.2.